The molecule has 0 aromatic heterocycles. The van der Waals surface area contributed by atoms with Gasteiger partial charge in [0.2, 0.25) is 0 Å². The maximum Gasteiger partial charge on any atom is 0.338 e. The van der Waals surface area contributed by atoms with Crippen LogP contribution in [0.2, 0.25) is 5.02 Å². The van der Waals surface area contributed by atoms with Crippen LogP contribution in [0.4, 0.5) is 11.4 Å². The fourth-order valence-electron chi connectivity index (χ4n) is 2.71. The van der Waals surface area contributed by atoms with Crippen molar-refractivity contribution in [3.8, 4) is 0 Å². The zero-order chi connectivity index (χ0) is 18.7. The highest BCUT2D eigenvalue weighted by atomic mass is 35.5. The molecule has 2 N–H and O–H groups in total. The van der Waals surface area contributed by atoms with Gasteiger partial charge in [0.05, 0.1) is 22.0 Å². The van der Waals surface area contributed by atoms with Gasteiger partial charge in [-0.1, -0.05) is 30.7 Å². The first kappa shape index (κ1) is 18.6. The van der Waals surface area contributed by atoms with E-state index in [9.17, 15) is 9.59 Å². The van der Waals surface area contributed by atoms with Gasteiger partial charge in [-0.05, 0) is 36.8 Å². The fourth-order valence-corrected chi connectivity index (χ4v) is 3.94. The van der Waals surface area contributed by atoms with Gasteiger partial charge >= 0.3 is 5.97 Å². The number of nitrogen functional groups attached to an aromatic ring is 1. The summed E-state index contributed by atoms with van der Waals surface area (Å²) in [6.07, 6.45) is 0.868. The van der Waals surface area contributed by atoms with Crippen molar-refractivity contribution in [1.82, 2.24) is 0 Å². The van der Waals surface area contributed by atoms with Crippen LogP contribution in [0, 0.1) is 0 Å². The molecule has 1 aliphatic rings. The van der Waals surface area contributed by atoms with Crippen molar-refractivity contribution >= 4 is 46.6 Å². The molecule has 0 aliphatic carbocycles. The predicted molar refractivity (Wildman–Crippen MR) is 105 cm³/mol. The monoisotopic (exact) mass is 390 g/mol. The average Bonchev–Trinajstić information content (AvgIpc) is 2.80. The number of carbonyl (C=O) groups excluding carboxylic acids is 2. The Kier molecular flexibility index (Phi) is 5.74. The molecule has 136 valence electrons. The highest BCUT2D eigenvalue weighted by molar-refractivity contribution is 8.00. The first-order valence-electron chi connectivity index (χ1n) is 8.24. The summed E-state index contributed by atoms with van der Waals surface area (Å²) in [4.78, 5) is 27.6. The first-order chi connectivity index (χ1) is 12.5. The number of halogens is 1. The molecule has 7 heteroatoms. The lowest BCUT2D eigenvalue weighted by Gasteiger charge is -2.22. The Morgan fingerprint density at radius 2 is 2.08 bits per heavy atom. The van der Waals surface area contributed by atoms with E-state index in [1.54, 1.807) is 16.7 Å². The molecule has 26 heavy (non-hydrogen) atoms. The van der Waals surface area contributed by atoms with E-state index in [2.05, 4.69) is 6.92 Å². The number of nitrogens with zero attached hydrogens (tertiary/aromatic N) is 1. The summed E-state index contributed by atoms with van der Waals surface area (Å²) >= 11 is 7.60. The Bertz CT molecular complexity index is 843. The molecule has 0 radical (unpaired) electrons. The largest absolute Gasteiger partial charge is 0.452 e. The number of carbonyl (C=O) groups is 2. The standard InChI is InChI=1S/C19H19ClN2O3S/c1-12-8-9-22(16-4-2-3-5-17(16)26-12)18(23)11-25-19(24)13-6-7-14(20)15(21)10-13/h2-7,10,12H,8-9,11,21H2,1H3/t12-/m1/s1. The van der Waals surface area contributed by atoms with E-state index in [0.717, 1.165) is 17.0 Å². The molecule has 1 atom stereocenters. The zero-order valence-electron chi connectivity index (χ0n) is 14.3. The van der Waals surface area contributed by atoms with Gasteiger partial charge in [-0.3, -0.25) is 4.79 Å². The van der Waals surface area contributed by atoms with Gasteiger partial charge in [-0.15, -0.1) is 11.8 Å². The SMILES string of the molecule is C[C@@H]1CCN(C(=O)COC(=O)c2ccc(Cl)c(N)c2)c2ccccc2S1. The van der Waals surface area contributed by atoms with Gasteiger partial charge in [0.25, 0.3) is 5.91 Å². The van der Waals surface area contributed by atoms with Crippen molar-refractivity contribution in [2.24, 2.45) is 0 Å². The third kappa shape index (κ3) is 4.14. The number of benzene rings is 2. The summed E-state index contributed by atoms with van der Waals surface area (Å²) in [6, 6.07) is 12.3. The van der Waals surface area contributed by atoms with Gasteiger partial charge < -0.3 is 15.4 Å². The molecule has 0 bridgehead atoms. The highest BCUT2D eigenvalue weighted by Crippen LogP contribution is 2.37. The van der Waals surface area contributed by atoms with E-state index in [1.807, 2.05) is 24.3 Å². The third-order valence-corrected chi connectivity index (χ3v) is 5.68. The van der Waals surface area contributed by atoms with Crippen molar-refractivity contribution < 1.29 is 14.3 Å². The topological polar surface area (TPSA) is 72.6 Å². The molecule has 0 spiro atoms. The summed E-state index contributed by atoms with van der Waals surface area (Å²) in [5.74, 6) is -0.852. The van der Waals surface area contributed by atoms with Gasteiger partial charge in [0.15, 0.2) is 6.61 Å². The second-order valence-corrected chi connectivity index (χ2v) is 7.93. The fraction of sp³-hybridized carbons (Fsp3) is 0.263. The second kappa shape index (κ2) is 8.01. The van der Waals surface area contributed by atoms with E-state index in [4.69, 9.17) is 22.1 Å². The predicted octanol–water partition coefficient (Wildman–Crippen LogP) is 4.00. The van der Waals surface area contributed by atoms with Crippen molar-refractivity contribution in [2.45, 2.75) is 23.5 Å². The van der Waals surface area contributed by atoms with Gasteiger partial charge in [0.1, 0.15) is 0 Å². The Balaban J connectivity index is 1.70. The second-order valence-electron chi connectivity index (χ2n) is 6.04. The summed E-state index contributed by atoms with van der Waals surface area (Å²) in [5.41, 5.74) is 7.11. The molecule has 3 rings (SSSR count). The van der Waals surface area contributed by atoms with Gasteiger partial charge in [-0.2, -0.15) is 0 Å². The minimum Gasteiger partial charge on any atom is -0.452 e. The molecule has 1 heterocycles. The highest BCUT2D eigenvalue weighted by Gasteiger charge is 2.25. The Labute approximate surface area is 161 Å². The molecule has 2 aromatic rings. The number of anilines is 2. The van der Waals surface area contributed by atoms with Crippen LogP contribution in [0.3, 0.4) is 0 Å². The summed E-state index contributed by atoms with van der Waals surface area (Å²) in [6.45, 7) is 2.41. The molecule has 1 amide bonds. The first-order valence-corrected chi connectivity index (χ1v) is 9.49. The number of fused-ring (bicyclic) bond motifs is 1. The number of rotatable bonds is 3. The van der Waals surface area contributed by atoms with E-state index in [1.165, 1.54) is 18.2 Å². The number of esters is 1. The van der Waals surface area contributed by atoms with E-state index in [0.29, 0.717) is 22.5 Å². The summed E-state index contributed by atoms with van der Waals surface area (Å²) in [5, 5.41) is 0.777. The number of hydrogen-bond donors (Lipinski definition) is 1. The minimum absolute atomic E-state index is 0.248. The van der Waals surface area contributed by atoms with Crippen LogP contribution in [-0.2, 0) is 9.53 Å². The molecule has 0 saturated heterocycles. The van der Waals surface area contributed by atoms with Crippen LogP contribution in [0.15, 0.2) is 47.4 Å². The van der Waals surface area contributed by atoms with Crippen LogP contribution in [-0.4, -0.2) is 30.3 Å². The van der Waals surface area contributed by atoms with Gasteiger partial charge in [-0.25, -0.2) is 4.79 Å². The smallest absolute Gasteiger partial charge is 0.338 e. The third-order valence-electron chi connectivity index (χ3n) is 4.10. The van der Waals surface area contributed by atoms with Crippen molar-refractivity contribution in [2.75, 3.05) is 23.8 Å². The maximum absolute atomic E-state index is 12.7. The number of nitrogens with two attached hydrogens (primary N) is 1. The Morgan fingerprint density at radius 1 is 1.31 bits per heavy atom. The Hall–Kier alpha value is -2.18. The number of ether oxygens (including phenoxy) is 1. The molecular formula is C19H19ClN2O3S. The summed E-state index contributed by atoms with van der Waals surface area (Å²) in [7, 11) is 0. The minimum atomic E-state index is -0.604. The van der Waals surface area contributed by atoms with Crippen LogP contribution in [0.25, 0.3) is 0 Å². The molecular weight excluding hydrogens is 372 g/mol. The van der Waals surface area contributed by atoms with Crippen molar-refractivity contribution in [3.63, 3.8) is 0 Å². The van der Waals surface area contributed by atoms with Crippen LogP contribution in [0.1, 0.15) is 23.7 Å². The van der Waals surface area contributed by atoms with Gasteiger partial charge in [0, 0.05) is 16.7 Å². The molecule has 5 nitrogen and oxygen atoms in total. The number of thioether (sulfide) groups is 1. The van der Waals surface area contributed by atoms with Crippen LogP contribution in [0.5, 0.6) is 0 Å². The van der Waals surface area contributed by atoms with E-state index in [-0.39, 0.29) is 18.1 Å². The Morgan fingerprint density at radius 3 is 2.85 bits per heavy atom. The van der Waals surface area contributed by atoms with E-state index >= 15 is 0 Å². The molecule has 0 saturated carbocycles. The lowest BCUT2D eigenvalue weighted by atomic mass is 10.2. The zero-order valence-corrected chi connectivity index (χ0v) is 15.8. The van der Waals surface area contributed by atoms with Crippen LogP contribution >= 0.6 is 23.4 Å². The van der Waals surface area contributed by atoms with Crippen molar-refractivity contribution in [3.05, 3.63) is 53.1 Å². The average molecular weight is 391 g/mol. The lowest BCUT2D eigenvalue weighted by molar-refractivity contribution is -0.121. The summed E-state index contributed by atoms with van der Waals surface area (Å²) < 4.78 is 5.19. The van der Waals surface area contributed by atoms with Crippen LogP contribution < -0.4 is 10.6 Å². The number of hydrogen-bond acceptors (Lipinski definition) is 5. The molecule has 0 fully saturated rings. The lowest BCUT2D eigenvalue weighted by Crippen LogP contribution is -2.35. The molecule has 1 aliphatic heterocycles. The quantitative estimate of drug-likeness (QED) is 0.633. The molecule has 2 aromatic carbocycles. The van der Waals surface area contributed by atoms with Crippen molar-refractivity contribution in [1.29, 1.82) is 0 Å². The maximum atomic E-state index is 12.7. The van der Waals surface area contributed by atoms with E-state index < -0.39 is 5.97 Å². The number of amides is 1. The number of para-hydroxylation sites is 1. The normalized spacial score (nSPS) is 16.5. The molecule has 0 unspecified atom stereocenters.